The maximum atomic E-state index is 15.0. The highest BCUT2D eigenvalue weighted by molar-refractivity contribution is 5.99. The lowest BCUT2D eigenvalue weighted by atomic mass is 10.0. The summed E-state index contributed by atoms with van der Waals surface area (Å²) >= 11 is 0. The predicted molar refractivity (Wildman–Crippen MR) is 311 cm³/mol. The number of carbonyl (C=O) groups excluding carboxylic acids is 10. The average Bonchev–Trinajstić information content (AvgIpc) is 2.83. The van der Waals surface area contributed by atoms with E-state index in [-0.39, 0.29) is 113 Å². The van der Waals surface area contributed by atoms with E-state index in [1.165, 1.54) is 67.4 Å². The van der Waals surface area contributed by atoms with Crippen molar-refractivity contribution in [1.82, 2.24) is 57.7 Å². The first-order valence-corrected chi connectivity index (χ1v) is 28.7. The highest BCUT2D eigenvalue weighted by atomic mass is 16.4. The van der Waals surface area contributed by atoms with Crippen LogP contribution in [0.2, 0.25) is 0 Å². The van der Waals surface area contributed by atoms with Crippen LogP contribution in [0.4, 0.5) is 0 Å². The number of nitrogens with one attached hydrogen (secondary N) is 10. The zero-order chi connectivity index (χ0) is 63.5. The van der Waals surface area contributed by atoms with Crippen LogP contribution in [0.25, 0.3) is 10.4 Å². The van der Waals surface area contributed by atoms with Gasteiger partial charge in [-0.3, -0.25) is 58.1 Å². The number of fused-ring (bicyclic) bond motifs is 1. The molecule has 2 fully saturated rings. The summed E-state index contributed by atoms with van der Waals surface area (Å²) < 4.78 is 0. The van der Waals surface area contributed by atoms with Crippen LogP contribution < -0.4 is 53.6 Å². The van der Waals surface area contributed by atoms with Gasteiger partial charge in [-0.2, -0.15) is 0 Å². The Hall–Kier alpha value is -9.21. The van der Waals surface area contributed by atoms with Crippen LogP contribution in [0.5, 0.6) is 11.5 Å². The number of rotatable bonds is 22. The minimum absolute atomic E-state index is 0.0355. The number of carbonyl (C=O) groups is 11. The Morgan fingerprint density at radius 2 is 1.29 bits per heavy atom. The Kier molecular flexibility index (Phi) is 28.3. The van der Waals surface area contributed by atoms with E-state index in [9.17, 15) is 68.1 Å². The molecule has 0 aliphatic carbocycles. The Labute approximate surface area is 497 Å². The van der Waals surface area contributed by atoms with Crippen LogP contribution in [0, 0.1) is 11.3 Å². The third-order valence-electron chi connectivity index (χ3n) is 14.3. The summed E-state index contributed by atoms with van der Waals surface area (Å²) in [4.78, 5) is 159. The van der Waals surface area contributed by atoms with Crippen molar-refractivity contribution in [3.63, 3.8) is 0 Å². The summed E-state index contributed by atoms with van der Waals surface area (Å²) in [7, 11) is 1.36. The van der Waals surface area contributed by atoms with E-state index in [4.69, 9.17) is 16.7 Å². The monoisotopic (exact) mass is 1200 g/mol. The zero-order valence-corrected chi connectivity index (χ0v) is 48.9. The molecule has 2 aromatic carbocycles. The number of hydrogen-bond donors (Lipinski definition) is 14. The molecule has 0 radical (unpaired) electrons. The fourth-order valence-electron chi connectivity index (χ4n) is 9.72. The molecule has 2 aromatic rings. The van der Waals surface area contributed by atoms with E-state index in [0.29, 0.717) is 36.8 Å². The number of phenolic OH excluding ortho intramolecular Hbond substituents is 2. The summed E-state index contributed by atoms with van der Waals surface area (Å²) in [5.74, 6) is -10.7. The number of aromatic hydroxyl groups is 2. The molecule has 0 saturated carbocycles. The number of phenols is 2. The number of unbranched alkanes of at least 4 members (excludes halogenated alkanes) is 2. The minimum Gasteiger partial charge on any atom is -0.508 e. The number of nitrogens with zero attached hydrogens (tertiary/aromatic N) is 5. The lowest BCUT2D eigenvalue weighted by molar-refractivity contribution is -0.148. The predicted octanol–water partition coefficient (Wildman–Crippen LogP) is -0.689. The molecule has 470 valence electrons. The first kappa shape index (κ1) is 69.3. The van der Waals surface area contributed by atoms with Gasteiger partial charge in [0.1, 0.15) is 59.8 Å². The summed E-state index contributed by atoms with van der Waals surface area (Å²) in [5.41, 5.74) is 14.9. The molecule has 10 amide bonds. The van der Waals surface area contributed by atoms with E-state index in [1.807, 2.05) is 0 Å². The number of amides is 10. The average molecular weight is 1200 g/mol. The van der Waals surface area contributed by atoms with Gasteiger partial charge in [-0.15, -0.1) is 0 Å². The molecule has 0 bridgehead atoms. The van der Waals surface area contributed by atoms with Crippen molar-refractivity contribution < 1.29 is 68.1 Å². The van der Waals surface area contributed by atoms with Crippen LogP contribution >= 0.6 is 0 Å². The van der Waals surface area contributed by atoms with Crippen LogP contribution in [0.15, 0.2) is 53.6 Å². The van der Waals surface area contributed by atoms with Gasteiger partial charge in [0.15, 0.2) is 5.96 Å². The molecular weight excluding hydrogens is 1120 g/mol. The molecule has 4 rings (SSSR count). The number of nitrogens with two attached hydrogens (primary N) is 1. The zero-order valence-electron chi connectivity index (χ0n) is 48.9. The number of aliphatic carboxylic acids is 1. The Morgan fingerprint density at radius 1 is 0.709 bits per heavy atom. The molecule has 2 aliphatic rings. The summed E-state index contributed by atoms with van der Waals surface area (Å²) in [6.07, 6.45) is 0.599. The third kappa shape index (κ3) is 23.4. The second-order valence-electron chi connectivity index (χ2n) is 21.7. The van der Waals surface area contributed by atoms with Crippen molar-refractivity contribution in [3.05, 3.63) is 70.1 Å². The molecule has 0 aromatic heterocycles. The molecule has 2 heterocycles. The van der Waals surface area contributed by atoms with E-state index in [0.717, 1.165) is 4.90 Å². The number of hydrogen-bond acceptors (Lipinski definition) is 15. The number of benzene rings is 2. The molecule has 15 N–H and O–H groups in total. The second kappa shape index (κ2) is 35.2. The molecule has 0 spiro atoms. The van der Waals surface area contributed by atoms with Crippen molar-refractivity contribution in [1.29, 1.82) is 5.41 Å². The van der Waals surface area contributed by atoms with Gasteiger partial charge in [-0.1, -0.05) is 43.2 Å². The molecular formula is C56H82N16O14. The molecule has 2 aliphatic heterocycles. The van der Waals surface area contributed by atoms with Gasteiger partial charge in [-0.05, 0) is 118 Å². The van der Waals surface area contributed by atoms with Gasteiger partial charge in [0.05, 0.1) is 13.0 Å². The van der Waals surface area contributed by atoms with Gasteiger partial charge < -0.3 is 78.7 Å². The number of carboxylic acids is 1. The van der Waals surface area contributed by atoms with Crippen molar-refractivity contribution >= 4 is 71.0 Å². The van der Waals surface area contributed by atoms with Crippen molar-refractivity contribution in [2.75, 3.05) is 39.8 Å². The normalized spacial score (nSPS) is 22.5. The van der Waals surface area contributed by atoms with Crippen LogP contribution in [0.3, 0.4) is 0 Å². The summed E-state index contributed by atoms with van der Waals surface area (Å²) in [6, 6.07) is -0.0362. The highest BCUT2D eigenvalue weighted by Gasteiger charge is 2.42. The standard InChI is InChI=1S/C56H82N16O14/c1-32(2)27-39-50(81)64-33(3)48(79)69-42(29-35-17-21-37(74)22-18-35)54(85)72-26-10-13-44(72)55(86)71(4)43(12-5-7-23-60-45(75)14-6-8-25-63-70-59)53(84)68-40(28-34-15-19-36(73)20-16-34)51(82)66-38(11-9-24-61-56(57)58)49(80)62-31-46(76)65-41(30-47(77)78)52(83)67-39/h15-22,32-33,38-44,73-74H,5-14,23-31H2,1-4H3,(H,60,75)(H,62,80)(H,64,81)(H,65,76)(H,66,82)(H,67,83)(H,68,84)(H,69,79)(H,77,78)(H4,57,58,61)/t33-,38-,39-,40-,41-,42-,43-,44+/m0/s1. The van der Waals surface area contributed by atoms with Crippen molar-refractivity contribution in [2.45, 2.75) is 159 Å². The molecule has 30 heteroatoms. The third-order valence-corrected chi connectivity index (χ3v) is 14.3. The fourth-order valence-corrected chi connectivity index (χ4v) is 9.72. The van der Waals surface area contributed by atoms with Gasteiger partial charge >= 0.3 is 5.97 Å². The Bertz CT molecular complexity index is 2760. The minimum atomic E-state index is -1.81. The topological polar surface area (TPSA) is 462 Å². The first-order chi connectivity index (χ1) is 40.9. The molecule has 2 saturated heterocycles. The number of carboxylic acid groups (broad SMARTS) is 1. The lowest BCUT2D eigenvalue weighted by Gasteiger charge is -2.35. The van der Waals surface area contributed by atoms with E-state index >= 15 is 0 Å². The van der Waals surface area contributed by atoms with E-state index in [2.05, 4.69) is 57.9 Å². The maximum absolute atomic E-state index is 15.0. The van der Waals surface area contributed by atoms with Crippen molar-refractivity contribution in [2.24, 2.45) is 16.8 Å². The smallest absolute Gasteiger partial charge is 0.305 e. The van der Waals surface area contributed by atoms with E-state index < -0.39 is 120 Å². The molecule has 8 atom stereocenters. The Morgan fingerprint density at radius 3 is 1.91 bits per heavy atom. The van der Waals surface area contributed by atoms with Crippen molar-refractivity contribution in [3.8, 4) is 11.5 Å². The summed E-state index contributed by atoms with van der Waals surface area (Å²) in [6.45, 7) is 4.41. The molecule has 0 unspecified atom stereocenters. The van der Waals surface area contributed by atoms with Crippen LogP contribution in [-0.2, 0) is 65.6 Å². The molecule has 86 heavy (non-hydrogen) atoms. The van der Waals surface area contributed by atoms with Gasteiger partial charge in [0.25, 0.3) is 0 Å². The van der Waals surface area contributed by atoms with Gasteiger partial charge in [0, 0.05) is 57.4 Å². The largest absolute Gasteiger partial charge is 0.508 e. The van der Waals surface area contributed by atoms with Crippen LogP contribution in [0.1, 0.15) is 109 Å². The fraction of sp³-hybridized carbons (Fsp3) is 0.571. The number of likely N-dealkylation sites (N-methyl/N-ethyl adjacent to an activating group) is 1. The SMILES string of the molecule is CC(C)C[C@@H]1NC(=O)[C@H](CC(=O)O)NC(=O)CNC(=O)[C@H](CCCNC(=N)N)NC(=O)[C@H](Cc2ccc(O)cc2)NC(=O)[C@H](CCCCNC(=O)CCCCN=[N+]=[N-])N(C)C(=O)[C@H]2CCCN2C(=O)[C@H](Cc2ccc(O)cc2)NC(=O)[C@H](C)NC1=O. The lowest BCUT2D eigenvalue weighted by Crippen LogP contribution is -2.60. The quantitative estimate of drug-likeness (QED) is 0.0173. The van der Waals surface area contributed by atoms with Gasteiger partial charge in [0.2, 0.25) is 59.1 Å². The number of azide groups is 1. The second-order valence-corrected chi connectivity index (χ2v) is 21.7. The summed E-state index contributed by atoms with van der Waals surface area (Å²) in [5, 5.41) is 64.2. The number of guanidine groups is 1. The Balaban J connectivity index is 1.82. The van der Waals surface area contributed by atoms with Gasteiger partial charge in [-0.25, -0.2) is 0 Å². The van der Waals surface area contributed by atoms with Crippen LogP contribution in [-0.4, -0.2) is 184 Å². The van der Waals surface area contributed by atoms with E-state index in [1.54, 1.807) is 13.8 Å². The maximum Gasteiger partial charge on any atom is 0.305 e. The first-order valence-electron chi connectivity index (χ1n) is 28.7. The highest BCUT2D eigenvalue weighted by Crippen LogP contribution is 2.24. The molecule has 30 nitrogen and oxygen atoms in total.